The van der Waals surface area contributed by atoms with Crippen LogP contribution in [0.15, 0.2) is 65.6 Å². The zero-order valence-electron chi connectivity index (χ0n) is 26.0. The first-order valence-electron chi connectivity index (χ1n) is 15.1. The number of hydrogen-bond acceptors (Lipinski definition) is 8. The topological polar surface area (TPSA) is 123 Å². The van der Waals surface area contributed by atoms with Gasteiger partial charge in [0.05, 0.1) is 26.2 Å². The van der Waals surface area contributed by atoms with E-state index in [9.17, 15) is 23.1 Å². The van der Waals surface area contributed by atoms with Crippen LogP contribution in [0.5, 0.6) is 11.5 Å². The van der Waals surface area contributed by atoms with Crippen molar-refractivity contribution in [3.63, 3.8) is 0 Å². The van der Waals surface area contributed by atoms with E-state index >= 15 is 0 Å². The normalized spacial score (nSPS) is 21.3. The second-order valence-corrected chi connectivity index (χ2v) is 14.2. The molecule has 10 nitrogen and oxygen atoms in total. The highest BCUT2D eigenvalue weighted by molar-refractivity contribution is 7.89. The Bertz CT molecular complexity index is 1420. The van der Waals surface area contributed by atoms with Gasteiger partial charge in [0.1, 0.15) is 22.0 Å². The number of β-amino-alcohol motifs (C(OH)–C–C–N with tert-alkyl or cyclic N) is 1. The molecule has 2 aliphatic rings. The van der Waals surface area contributed by atoms with E-state index in [1.165, 1.54) is 23.5 Å². The van der Waals surface area contributed by atoms with Crippen molar-refractivity contribution in [1.29, 1.82) is 0 Å². The number of aliphatic hydroxyl groups is 1. The zero-order valence-corrected chi connectivity index (χ0v) is 26.8. The number of carbonyl (C=O) groups excluding carboxylic acids is 2. The number of carbonyl (C=O) groups is 2. The summed E-state index contributed by atoms with van der Waals surface area (Å²) in [7, 11) is -2.75. The fourth-order valence-electron chi connectivity index (χ4n) is 5.58. The fourth-order valence-corrected chi connectivity index (χ4v) is 7.19. The summed E-state index contributed by atoms with van der Waals surface area (Å²) in [5.41, 5.74) is 0.189. The van der Waals surface area contributed by atoms with E-state index in [2.05, 4.69) is 0 Å². The van der Waals surface area contributed by atoms with Crippen LogP contribution in [0.3, 0.4) is 0 Å². The number of hydrogen-bond donors (Lipinski definition) is 1. The Kier molecular flexibility index (Phi) is 11.1. The van der Waals surface area contributed by atoms with Crippen molar-refractivity contribution in [1.82, 2.24) is 9.21 Å². The summed E-state index contributed by atoms with van der Waals surface area (Å²) in [5, 5.41) is 11.7. The Morgan fingerprint density at radius 2 is 1.89 bits per heavy atom. The molecule has 2 aromatic rings. The van der Waals surface area contributed by atoms with Crippen LogP contribution < -0.4 is 9.47 Å². The first-order chi connectivity index (χ1) is 20.9. The Morgan fingerprint density at radius 1 is 1.14 bits per heavy atom. The van der Waals surface area contributed by atoms with Gasteiger partial charge in [0.25, 0.3) is 0 Å². The summed E-state index contributed by atoms with van der Waals surface area (Å²) < 4.78 is 46.9. The van der Waals surface area contributed by atoms with Crippen LogP contribution in [0.4, 0.5) is 0 Å². The van der Waals surface area contributed by atoms with E-state index in [1.54, 1.807) is 31.7 Å². The van der Waals surface area contributed by atoms with Gasteiger partial charge >= 0.3 is 5.97 Å². The molecule has 0 spiro atoms. The van der Waals surface area contributed by atoms with E-state index in [1.807, 2.05) is 42.5 Å². The molecule has 2 aromatic carbocycles. The lowest BCUT2D eigenvalue weighted by molar-refractivity contribution is -0.157. The van der Waals surface area contributed by atoms with Gasteiger partial charge in [-0.05, 0) is 57.7 Å². The summed E-state index contributed by atoms with van der Waals surface area (Å²) in [6, 6.07) is 13.6. The molecule has 11 heteroatoms. The maximum Gasteiger partial charge on any atom is 0.306 e. The average molecular weight is 629 g/mol. The molecule has 2 heterocycles. The molecule has 240 valence electrons. The number of ether oxygens (including phenoxy) is 3. The molecule has 0 saturated carbocycles. The second-order valence-electron chi connectivity index (χ2n) is 12.3. The molecule has 0 unspecified atom stereocenters. The van der Waals surface area contributed by atoms with Crippen molar-refractivity contribution in [2.75, 3.05) is 33.4 Å². The summed E-state index contributed by atoms with van der Waals surface area (Å²) in [6.45, 7) is 5.60. The number of methoxy groups -OCH3 is 1. The monoisotopic (exact) mass is 628 g/mol. The molecule has 1 fully saturated rings. The summed E-state index contributed by atoms with van der Waals surface area (Å²) in [5.74, 6) is -0.567. The van der Waals surface area contributed by atoms with Gasteiger partial charge in [0.15, 0.2) is 0 Å². The van der Waals surface area contributed by atoms with Gasteiger partial charge < -0.3 is 24.2 Å². The van der Waals surface area contributed by atoms with Crippen molar-refractivity contribution in [2.45, 2.75) is 75.5 Å². The number of benzene rings is 2. The van der Waals surface area contributed by atoms with Crippen molar-refractivity contribution >= 4 is 21.9 Å². The van der Waals surface area contributed by atoms with E-state index in [4.69, 9.17) is 14.2 Å². The summed E-state index contributed by atoms with van der Waals surface area (Å²) in [6.07, 6.45) is 4.17. The van der Waals surface area contributed by atoms with E-state index in [0.29, 0.717) is 38.0 Å². The highest BCUT2D eigenvalue weighted by Crippen LogP contribution is 2.33. The standard InChI is InChI=1S/C33H44N2O8S/c1-33(2,3)43-32(38)20-25(19-24-11-7-5-8-12-24)28(36)23-34-22-26-13-16-31(37)35(26)17-9-6-10-18-42-29-21-27(41-4)14-15-30(29)44(34,39)40/h5-9,11-12,14-15,21,25-26,28,36H,10,13,16-20,22-23H2,1-4H3/b9-6+/t25-,26-,28-/m1/s1. The van der Waals surface area contributed by atoms with Crippen molar-refractivity contribution < 1.29 is 37.3 Å². The molecule has 4 rings (SSSR count). The van der Waals surface area contributed by atoms with Gasteiger partial charge in [-0.25, -0.2) is 8.42 Å². The third-order valence-electron chi connectivity index (χ3n) is 7.77. The number of rotatable bonds is 8. The minimum Gasteiger partial charge on any atom is -0.497 e. The fraction of sp³-hybridized carbons (Fsp3) is 0.515. The van der Waals surface area contributed by atoms with Gasteiger partial charge in [0, 0.05) is 44.1 Å². The van der Waals surface area contributed by atoms with Crippen molar-refractivity contribution in [2.24, 2.45) is 5.92 Å². The van der Waals surface area contributed by atoms with Crippen LogP contribution in [0.1, 0.15) is 52.0 Å². The molecule has 0 bridgehead atoms. The van der Waals surface area contributed by atoms with Crippen molar-refractivity contribution in [3.8, 4) is 11.5 Å². The van der Waals surface area contributed by atoms with E-state index in [-0.39, 0.29) is 48.7 Å². The first-order valence-corrected chi connectivity index (χ1v) is 16.5. The number of fused-ring (bicyclic) bond motifs is 2. The van der Waals surface area contributed by atoms with Gasteiger partial charge in [-0.2, -0.15) is 4.31 Å². The van der Waals surface area contributed by atoms with Gasteiger partial charge in [-0.1, -0.05) is 42.5 Å². The number of esters is 1. The Morgan fingerprint density at radius 3 is 2.59 bits per heavy atom. The SMILES string of the molecule is COc1ccc2c(c1)OCC/C=C/CN1C(=O)CC[C@@H]1CN(C[C@@H](O)[C@@H](CC(=O)OC(C)(C)C)Cc1ccccc1)S2(=O)=O. The summed E-state index contributed by atoms with van der Waals surface area (Å²) >= 11 is 0. The van der Waals surface area contributed by atoms with Crippen molar-refractivity contribution in [3.05, 3.63) is 66.2 Å². The molecule has 3 atom stereocenters. The zero-order chi connectivity index (χ0) is 31.9. The van der Waals surface area contributed by atoms with Gasteiger partial charge in [-0.3, -0.25) is 9.59 Å². The molecule has 1 saturated heterocycles. The minimum atomic E-state index is -4.24. The first kappa shape index (κ1) is 33.5. The molecular weight excluding hydrogens is 584 g/mol. The number of nitrogens with zero attached hydrogens (tertiary/aromatic N) is 2. The van der Waals surface area contributed by atoms with Crippen LogP contribution >= 0.6 is 0 Å². The predicted molar refractivity (Wildman–Crippen MR) is 166 cm³/mol. The van der Waals surface area contributed by atoms with Crippen LogP contribution in [0.25, 0.3) is 0 Å². The minimum absolute atomic E-state index is 0.0189. The average Bonchev–Trinajstić information content (AvgIpc) is 3.31. The molecular formula is C33H44N2O8S. The molecule has 44 heavy (non-hydrogen) atoms. The van der Waals surface area contributed by atoms with Crippen LogP contribution in [-0.4, -0.2) is 85.7 Å². The number of sulfonamides is 1. The highest BCUT2D eigenvalue weighted by Gasteiger charge is 2.39. The molecule has 0 aromatic heterocycles. The lowest BCUT2D eigenvalue weighted by Gasteiger charge is -2.33. The van der Waals surface area contributed by atoms with Crippen LogP contribution in [0.2, 0.25) is 0 Å². The molecule has 1 amide bonds. The third kappa shape index (κ3) is 8.83. The highest BCUT2D eigenvalue weighted by atomic mass is 32.2. The predicted octanol–water partition coefficient (Wildman–Crippen LogP) is 3.97. The number of aliphatic hydroxyl groups excluding tert-OH is 1. The van der Waals surface area contributed by atoms with Gasteiger partial charge in [0.2, 0.25) is 15.9 Å². The molecule has 2 aliphatic heterocycles. The van der Waals surface area contributed by atoms with E-state index < -0.39 is 33.6 Å². The Hall–Kier alpha value is -3.41. The third-order valence-corrected chi connectivity index (χ3v) is 9.64. The maximum absolute atomic E-state index is 14.4. The van der Waals surface area contributed by atoms with Gasteiger partial charge in [-0.15, -0.1) is 0 Å². The second kappa shape index (κ2) is 14.6. The maximum atomic E-state index is 14.4. The van der Waals surface area contributed by atoms with Crippen LogP contribution in [0, 0.1) is 5.92 Å². The smallest absolute Gasteiger partial charge is 0.306 e. The Labute approximate surface area is 260 Å². The number of amides is 1. The lowest BCUT2D eigenvalue weighted by Crippen LogP contribution is -2.48. The quantitative estimate of drug-likeness (QED) is 0.344. The molecule has 0 radical (unpaired) electrons. The lowest BCUT2D eigenvalue weighted by atomic mass is 9.90. The van der Waals surface area contributed by atoms with E-state index in [0.717, 1.165) is 5.56 Å². The summed E-state index contributed by atoms with van der Waals surface area (Å²) in [4.78, 5) is 27.4. The Balaban J connectivity index is 1.71. The molecule has 1 N–H and O–H groups in total. The largest absolute Gasteiger partial charge is 0.497 e. The van der Waals surface area contributed by atoms with Crippen LogP contribution in [-0.2, 0) is 30.8 Å². The molecule has 0 aliphatic carbocycles.